The number of carboxylic acid groups (broad SMARTS) is 2. The molecule has 0 amide bonds. The zero-order chi connectivity index (χ0) is 11.7. The fourth-order valence-corrected chi connectivity index (χ4v) is 0.333. The van der Waals surface area contributed by atoms with Gasteiger partial charge in [-0.25, -0.2) is 0 Å². The largest absolute Gasteiger partial charge is 2.00 e. The third-order valence-electron chi connectivity index (χ3n) is 1.32. The van der Waals surface area contributed by atoms with Gasteiger partial charge in [-0.3, -0.25) is 0 Å². The van der Waals surface area contributed by atoms with Crippen molar-refractivity contribution in [3.05, 3.63) is 0 Å². The standard InChI is InChI=1S/2C4H8O3.Ba/c2*1-2-3(5)4(6)7;/h2*3,5H,2H2,1H3,(H,6,7);/q;;+2/p-2. The minimum absolute atomic E-state index is 0. The molecule has 0 aromatic carbocycles. The van der Waals surface area contributed by atoms with E-state index in [1.54, 1.807) is 13.8 Å². The number of aliphatic hydroxyl groups excluding tert-OH is 2. The molecule has 0 rings (SSSR count). The molecule has 15 heavy (non-hydrogen) atoms. The second-order valence-electron chi connectivity index (χ2n) is 2.49. The summed E-state index contributed by atoms with van der Waals surface area (Å²) < 4.78 is 0. The van der Waals surface area contributed by atoms with E-state index in [2.05, 4.69) is 0 Å². The molecule has 0 aromatic rings. The number of hydrogen-bond acceptors (Lipinski definition) is 6. The first-order chi connectivity index (χ1) is 6.36. The molecule has 0 aliphatic heterocycles. The Balaban J connectivity index is -0.000000180. The van der Waals surface area contributed by atoms with E-state index >= 15 is 0 Å². The van der Waals surface area contributed by atoms with Crippen LogP contribution in [-0.2, 0) is 9.59 Å². The van der Waals surface area contributed by atoms with Crippen molar-refractivity contribution in [2.24, 2.45) is 0 Å². The molecule has 0 saturated heterocycles. The number of rotatable bonds is 4. The van der Waals surface area contributed by atoms with Gasteiger partial charge in [0.25, 0.3) is 0 Å². The number of carbonyl (C=O) groups excluding carboxylic acids is 2. The summed E-state index contributed by atoms with van der Waals surface area (Å²) in [5.74, 6) is -2.80. The Morgan fingerprint density at radius 3 is 1.20 bits per heavy atom. The van der Waals surface area contributed by atoms with Crippen LogP contribution in [0.1, 0.15) is 26.7 Å². The van der Waals surface area contributed by atoms with Crippen LogP contribution in [0.15, 0.2) is 0 Å². The molecule has 0 saturated carbocycles. The van der Waals surface area contributed by atoms with Crippen LogP contribution in [0.2, 0.25) is 0 Å². The summed E-state index contributed by atoms with van der Waals surface area (Å²) in [5, 5.41) is 35.7. The van der Waals surface area contributed by atoms with Gasteiger partial charge in [-0.15, -0.1) is 0 Å². The third-order valence-corrected chi connectivity index (χ3v) is 1.32. The topological polar surface area (TPSA) is 121 Å². The predicted octanol–water partition coefficient (Wildman–Crippen LogP) is -3.37. The Morgan fingerprint density at radius 2 is 1.20 bits per heavy atom. The van der Waals surface area contributed by atoms with Gasteiger partial charge in [0.1, 0.15) is 0 Å². The third kappa shape index (κ3) is 14.4. The van der Waals surface area contributed by atoms with Crippen LogP contribution in [0.3, 0.4) is 0 Å². The number of carbonyl (C=O) groups is 2. The van der Waals surface area contributed by atoms with Crippen LogP contribution in [0, 0.1) is 0 Å². The van der Waals surface area contributed by atoms with Crippen LogP contribution < -0.4 is 10.2 Å². The van der Waals surface area contributed by atoms with E-state index in [4.69, 9.17) is 10.2 Å². The molecule has 0 bridgehead atoms. The molecule has 0 aliphatic carbocycles. The maximum absolute atomic E-state index is 9.57. The molecule has 2 N–H and O–H groups in total. The van der Waals surface area contributed by atoms with Gasteiger partial charge in [-0.05, 0) is 12.8 Å². The number of aliphatic hydroxyl groups is 2. The quantitative estimate of drug-likeness (QED) is 0.514. The molecular weight excluding hydrogens is 329 g/mol. The molecule has 2 atom stereocenters. The predicted molar refractivity (Wildman–Crippen MR) is 48.4 cm³/mol. The molecule has 0 heterocycles. The SMILES string of the molecule is CCC(O)C(=O)[O-].CCC(O)C(=O)[O-].[Ba+2]. The maximum atomic E-state index is 9.57. The molecular formula is C8H14BaO6. The summed E-state index contributed by atoms with van der Waals surface area (Å²) in [6.45, 7) is 3.14. The van der Waals surface area contributed by atoms with Crippen LogP contribution in [0.5, 0.6) is 0 Å². The van der Waals surface area contributed by atoms with E-state index in [1.807, 2.05) is 0 Å². The second kappa shape index (κ2) is 12.5. The second-order valence-corrected chi connectivity index (χ2v) is 2.49. The van der Waals surface area contributed by atoms with Crippen molar-refractivity contribution in [2.45, 2.75) is 38.9 Å². The Kier molecular flexibility index (Phi) is 17.3. The van der Waals surface area contributed by atoms with E-state index in [9.17, 15) is 19.8 Å². The zero-order valence-corrected chi connectivity index (χ0v) is 13.2. The Morgan fingerprint density at radius 1 is 1.00 bits per heavy atom. The van der Waals surface area contributed by atoms with Gasteiger partial charge in [0.05, 0.1) is 24.1 Å². The summed E-state index contributed by atoms with van der Waals surface area (Å²) in [7, 11) is 0. The molecule has 2 unspecified atom stereocenters. The fraction of sp³-hybridized carbons (Fsp3) is 0.750. The number of aliphatic carboxylic acids is 2. The normalized spacial score (nSPS) is 12.5. The van der Waals surface area contributed by atoms with E-state index in [0.717, 1.165) is 0 Å². The van der Waals surface area contributed by atoms with Crippen molar-refractivity contribution in [1.82, 2.24) is 0 Å². The molecule has 6 nitrogen and oxygen atoms in total. The molecule has 0 radical (unpaired) electrons. The molecule has 0 spiro atoms. The van der Waals surface area contributed by atoms with Gasteiger partial charge in [-0.1, -0.05) is 13.8 Å². The van der Waals surface area contributed by atoms with Crippen LogP contribution >= 0.6 is 0 Å². The maximum Gasteiger partial charge on any atom is 2.00 e. The first-order valence-corrected chi connectivity index (χ1v) is 4.14. The van der Waals surface area contributed by atoms with Crippen molar-refractivity contribution in [3.63, 3.8) is 0 Å². The minimum Gasteiger partial charge on any atom is -0.547 e. The van der Waals surface area contributed by atoms with Gasteiger partial charge >= 0.3 is 48.9 Å². The first-order valence-electron chi connectivity index (χ1n) is 4.14. The summed E-state index contributed by atoms with van der Waals surface area (Å²) >= 11 is 0. The summed E-state index contributed by atoms with van der Waals surface area (Å²) in [6, 6.07) is 0. The summed E-state index contributed by atoms with van der Waals surface area (Å²) in [5.41, 5.74) is 0. The molecule has 0 aromatic heterocycles. The average Bonchev–Trinajstić information content (AvgIpc) is 2.15. The molecule has 7 heteroatoms. The van der Waals surface area contributed by atoms with Gasteiger partial charge in [0.2, 0.25) is 0 Å². The van der Waals surface area contributed by atoms with E-state index in [0.29, 0.717) is 0 Å². The summed E-state index contributed by atoms with van der Waals surface area (Å²) in [4.78, 5) is 19.1. The van der Waals surface area contributed by atoms with Gasteiger partial charge < -0.3 is 30.0 Å². The van der Waals surface area contributed by atoms with Crippen LogP contribution in [0.4, 0.5) is 0 Å². The smallest absolute Gasteiger partial charge is 0.547 e. The van der Waals surface area contributed by atoms with E-state index < -0.39 is 24.1 Å². The first kappa shape index (κ1) is 20.8. The Hall–Kier alpha value is 0.431. The Labute approximate surface area is 128 Å². The number of carboxylic acids is 2. The van der Waals surface area contributed by atoms with Crippen molar-refractivity contribution in [3.8, 4) is 0 Å². The van der Waals surface area contributed by atoms with Crippen LogP contribution in [0.25, 0.3) is 0 Å². The van der Waals surface area contributed by atoms with Crippen molar-refractivity contribution < 1.29 is 30.0 Å². The summed E-state index contributed by atoms with van der Waals surface area (Å²) in [6.07, 6.45) is -2.16. The van der Waals surface area contributed by atoms with Crippen molar-refractivity contribution in [2.75, 3.05) is 0 Å². The average molecular weight is 344 g/mol. The van der Waals surface area contributed by atoms with E-state index in [1.165, 1.54) is 0 Å². The van der Waals surface area contributed by atoms with Gasteiger partial charge in [-0.2, -0.15) is 0 Å². The van der Waals surface area contributed by atoms with Crippen molar-refractivity contribution >= 4 is 60.8 Å². The monoisotopic (exact) mass is 344 g/mol. The van der Waals surface area contributed by atoms with Gasteiger partial charge in [0.15, 0.2) is 0 Å². The van der Waals surface area contributed by atoms with Crippen molar-refractivity contribution in [1.29, 1.82) is 0 Å². The zero-order valence-electron chi connectivity index (χ0n) is 8.80. The van der Waals surface area contributed by atoms with E-state index in [-0.39, 0.29) is 61.7 Å². The number of hydrogen-bond donors (Lipinski definition) is 2. The molecule has 84 valence electrons. The molecule has 0 fully saturated rings. The molecule has 0 aliphatic rings. The fourth-order valence-electron chi connectivity index (χ4n) is 0.333. The Bertz CT molecular complexity index is 164. The van der Waals surface area contributed by atoms with Crippen LogP contribution in [-0.4, -0.2) is 83.2 Å². The minimum atomic E-state index is -1.40. The van der Waals surface area contributed by atoms with Gasteiger partial charge in [0, 0.05) is 0 Å².